The number of nitrogens with zero attached hydrogens (tertiary/aromatic N) is 3. The second-order valence-corrected chi connectivity index (χ2v) is 9.30. The van der Waals surface area contributed by atoms with Gasteiger partial charge >= 0.3 is 6.03 Å². The summed E-state index contributed by atoms with van der Waals surface area (Å²) in [5.74, 6) is 0.219. The molecular formula is C25H27ClN4O3. The van der Waals surface area contributed by atoms with Crippen molar-refractivity contribution in [3.63, 3.8) is 0 Å². The molecule has 2 aliphatic rings. The topological polar surface area (TPSA) is 87.5 Å². The van der Waals surface area contributed by atoms with Gasteiger partial charge in [-0.3, -0.25) is 9.78 Å². The second-order valence-electron chi connectivity index (χ2n) is 8.86. The largest absolute Gasteiger partial charge is 0.396 e. The number of hydrogen-bond donors (Lipinski definition) is 2. The number of hydrogen-bond acceptors (Lipinski definition) is 4. The average molecular weight is 467 g/mol. The maximum atomic E-state index is 13.1. The van der Waals surface area contributed by atoms with Crippen LogP contribution in [0.2, 0.25) is 5.02 Å². The van der Waals surface area contributed by atoms with Crippen LogP contribution in [0, 0.1) is 0 Å². The van der Waals surface area contributed by atoms with Gasteiger partial charge in [0.25, 0.3) is 5.56 Å². The standard InChI is InChI=1S/C25H27ClN4O3/c26-19-3-4-22-20(12-19)23-16(6-10-31)11-21(23)24(32)30(22)9-2-1-7-28-25(33)29-14-17-5-8-27-13-18(17)15-29/h3-5,8,12-13,16,31H,1-2,6-7,9-11,14-15H2,(H,28,33). The Morgan fingerprint density at radius 3 is 2.88 bits per heavy atom. The lowest BCUT2D eigenvalue weighted by atomic mass is 9.74. The van der Waals surface area contributed by atoms with Crippen molar-refractivity contribution in [2.45, 2.75) is 51.2 Å². The maximum Gasteiger partial charge on any atom is 0.318 e. The number of halogens is 1. The lowest BCUT2D eigenvalue weighted by molar-refractivity contribution is 0.198. The van der Waals surface area contributed by atoms with Crippen molar-refractivity contribution in [2.24, 2.45) is 0 Å². The van der Waals surface area contributed by atoms with Gasteiger partial charge in [0, 0.05) is 61.2 Å². The third kappa shape index (κ3) is 4.11. The Labute approximate surface area is 197 Å². The molecule has 0 spiro atoms. The number of carbonyl (C=O) groups excluding carboxylic acids is 1. The number of aromatic nitrogens is 2. The fourth-order valence-corrected chi connectivity index (χ4v) is 5.25. The number of rotatable bonds is 7. The second kappa shape index (κ2) is 9.15. The molecule has 1 aromatic carbocycles. The summed E-state index contributed by atoms with van der Waals surface area (Å²) in [6, 6.07) is 7.54. The molecule has 33 heavy (non-hydrogen) atoms. The van der Waals surface area contributed by atoms with E-state index in [1.165, 1.54) is 0 Å². The minimum Gasteiger partial charge on any atom is -0.396 e. The fourth-order valence-electron chi connectivity index (χ4n) is 5.08. The monoisotopic (exact) mass is 466 g/mol. The van der Waals surface area contributed by atoms with E-state index in [1.807, 2.05) is 35.0 Å². The highest BCUT2D eigenvalue weighted by atomic mass is 35.5. The highest BCUT2D eigenvalue weighted by Gasteiger charge is 2.32. The molecule has 8 heteroatoms. The number of amides is 2. The molecular weight excluding hydrogens is 440 g/mol. The van der Waals surface area contributed by atoms with E-state index in [0.29, 0.717) is 44.0 Å². The Balaban J connectivity index is 1.21. The van der Waals surface area contributed by atoms with Crippen LogP contribution in [0.4, 0.5) is 4.79 Å². The molecule has 1 atom stereocenters. The summed E-state index contributed by atoms with van der Waals surface area (Å²) in [7, 11) is 0. The SMILES string of the molecule is O=C(NCCCCn1c(=O)c2c(c3cc(Cl)ccc31)C(CCO)C2)N1Cc2ccncc2C1. The summed E-state index contributed by atoms with van der Waals surface area (Å²) in [5.41, 5.74) is 5.09. The molecule has 3 heterocycles. The minimum atomic E-state index is -0.0700. The van der Waals surface area contributed by atoms with E-state index < -0.39 is 0 Å². The number of urea groups is 1. The van der Waals surface area contributed by atoms with Gasteiger partial charge in [0.05, 0.1) is 5.52 Å². The van der Waals surface area contributed by atoms with Crippen molar-refractivity contribution in [3.8, 4) is 0 Å². The van der Waals surface area contributed by atoms with Crippen LogP contribution in [0.1, 0.15) is 47.4 Å². The van der Waals surface area contributed by atoms with Gasteiger partial charge in [0.15, 0.2) is 0 Å². The summed E-state index contributed by atoms with van der Waals surface area (Å²) in [6.07, 6.45) is 6.50. The van der Waals surface area contributed by atoms with Crippen molar-refractivity contribution in [2.75, 3.05) is 13.2 Å². The molecule has 0 bridgehead atoms. The van der Waals surface area contributed by atoms with Gasteiger partial charge in [0.2, 0.25) is 0 Å². The van der Waals surface area contributed by atoms with E-state index in [1.54, 1.807) is 11.1 Å². The summed E-state index contributed by atoms with van der Waals surface area (Å²) in [5, 5.41) is 14.0. The molecule has 1 aliphatic carbocycles. The first-order chi connectivity index (χ1) is 16.1. The number of benzene rings is 1. The zero-order valence-corrected chi connectivity index (χ0v) is 19.1. The zero-order valence-electron chi connectivity index (χ0n) is 18.4. The number of fused-ring (bicyclic) bond motifs is 4. The number of unbranched alkanes of at least 4 members (excludes halogenated alkanes) is 1. The summed E-state index contributed by atoms with van der Waals surface area (Å²) < 4.78 is 1.84. The van der Waals surface area contributed by atoms with Gasteiger partial charge in [-0.05, 0) is 72.6 Å². The maximum absolute atomic E-state index is 13.1. The highest BCUT2D eigenvalue weighted by molar-refractivity contribution is 6.31. The quantitative estimate of drug-likeness (QED) is 0.521. The molecule has 0 saturated carbocycles. The fraction of sp³-hybridized carbons (Fsp3) is 0.400. The van der Waals surface area contributed by atoms with Crippen molar-refractivity contribution in [3.05, 3.63) is 74.3 Å². The van der Waals surface area contributed by atoms with Gasteiger partial charge in [-0.1, -0.05) is 11.6 Å². The number of aryl methyl sites for hydroxylation is 1. The summed E-state index contributed by atoms with van der Waals surface area (Å²) in [4.78, 5) is 31.5. The molecule has 7 nitrogen and oxygen atoms in total. The Hall–Kier alpha value is -2.90. The van der Waals surface area contributed by atoms with Gasteiger partial charge in [-0.25, -0.2) is 4.79 Å². The highest BCUT2D eigenvalue weighted by Crippen LogP contribution is 2.41. The van der Waals surface area contributed by atoms with Gasteiger partial charge in [-0.15, -0.1) is 0 Å². The number of pyridine rings is 2. The summed E-state index contributed by atoms with van der Waals surface area (Å²) in [6.45, 7) is 2.46. The van der Waals surface area contributed by atoms with Crippen LogP contribution in [0.15, 0.2) is 41.5 Å². The zero-order chi connectivity index (χ0) is 22.9. The van der Waals surface area contributed by atoms with Crippen LogP contribution in [0.3, 0.4) is 0 Å². The predicted octanol–water partition coefficient (Wildman–Crippen LogP) is 3.58. The van der Waals surface area contributed by atoms with E-state index in [4.69, 9.17) is 11.6 Å². The van der Waals surface area contributed by atoms with Crippen LogP contribution in [-0.4, -0.2) is 38.7 Å². The van der Waals surface area contributed by atoms with E-state index in [0.717, 1.165) is 46.0 Å². The van der Waals surface area contributed by atoms with E-state index in [9.17, 15) is 14.7 Å². The van der Waals surface area contributed by atoms with Crippen LogP contribution in [0.25, 0.3) is 10.9 Å². The Morgan fingerprint density at radius 2 is 2.06 bits per heavy atom. The Bertz CT molecular complexity index is 1250. The molecule has 2 N–H and O–H groups in total. The van der Waals surface area contributed by atoms with Crippen molar-refractivity contribution >= 4 is 28.5 Å². The number of nitrogens with one attached hydrogen (secondary N) is 1. The smallest absolute Gasteiger partial charge is 0.318 e. The molecule has 0 fully saturated rings. The van der Waals surface area contributed by atoms with Crippen LogP contribution in [0.5, 0.6) is 0 Å². The summed E-state index contributed by atoms with van der Waals surface area (Å²) >= 11 is 6.26. The first-order valence-electron chi connectivity index (χ1n) is 11.5. The molecule has 0 saturated heterocycles. The molecule has 0 radical (unpaired) electrons. The number of aliphatic hydroxyl groups is 1. The van der Waals surface area contributed by atoms with Gasteiger partial charge in [0.1, 0.15) is 0 Å². The normalized spacial score (nSPS) is 16.4. The van der Waals surface area contributed by atoms with E-state index in [-0.39, 0.29) is 24.1 Å². The first kappa shape index (κ1) is 21.9. The van der Waals surface area contributed by atoms with E-state index >= 15 is 0 Å². The minimum absolute atomic E-state index is 0.0569. The van der Waals surface area contributed by atoms with Crippen LogP contribution >= 0.6 is 11.6 Å². The molecule has 172 valence electrons. The molecule has 5 rings (SSSR count). The van der Waals surface area contributed by atoms with Crippen molar-refractivity contribution in [1.82, 2.24) is 19.8 Å². The van der Waals surface area contributed by atoms with Gasteiger partial charge in [-0.2, -0.15) is 0 Å². The average Bonchev–Trinajstić information content (AvgIpc) is 3.23. The Morgan fingerprint density at radius 1 is 1.21 bits per heavy atom. The lowest BCUT2D eigenvalue weighted by Crippen LogP contribution is -2.37. The Kier molecular flexibility index (Phi) is 6.08. The number of carbonyl (C=O) groups is 1. The van der Waals surface area contributed by atoms with Crippen molar-refractivity contribution < 1.29 is 9.90 Å². The molecule has 1 unspecified atom stereocenters. The third-order valence-electron chi connectivity index (χ3n) is 6.80. The lowest BCUT2D eigenvalue weighted by Gasteiger charge is -2.32. The molecule has 3 aromatic rings. The molecule has 2 amide bonds. The van der Waals surface area contributed by atoms with Crippen LogP contribution in [-0.2, 0) is 26.1 Å². The predicted molar refractivity (Wildman–Crippen MR) is 127 cm³/mol. The third-order valence-corrected chi connectivity index (χ3v) is 7.04. The molecule has 1 aliphatic heterocycles. The molecule has 2 aromatic heterocycles. The van der Waals surface area contributed by atoms with Crippen molar-refractivity contribution in [1.29, 1.82) is 0 Å². The van der Waals surface area contributed by atoms with Gasteiger partial charge < -0.3 is 19.9 Å². The number of aliphatic hydroxyl groups excluding tert-OH is 1. The van der Waals surface area contributed by atoms with E-state index in [2.05, 4.69) is 10.3 Å². The first-order valence-corrected chi connectivity index (χ1v) is 11.8. The van der Waals surface area contributed by atoms with Crippen LogP contribution < -0.4 is 10.9 Å².